The Hall–Kier alpha value is -2.35. The first kappa shape index (κ1) is 16.5. The summed E-state index contributed by atoms with van der Waals surface area (Å²) in [5.74, 6) is 2.60. The molecule has 3 rings (SSSR count). The van der Waals surface area contributed by atoms with Gasteiger partial charge >= 0.3 is 0 Å². The van der Waals surface area contributed by atoms with Crippen LogP contribution in [0.1, 0.15) is 0 Å². The molecule has 2 aliphatic rings. The maximum atomic E-state index is 7.49. The van der Waals surface area contributed by atoms with Gasteiger partial charge in [-0.05, 0) is 12.1 Å². The van der Waals surface area contributed by atoms with Crippen LogP contribution < -0.4 is 24.7 Å². The van der Waals surface area contributed by atoms with E-state index in [2.05, 4.69) is 4.90 Å². The van der Waals surface area contributed by atoms with Gasteiger partial charge in [-0.25, -0.2) is 0 Å². The molecule has 132 valence electrons. The van der Waals surface area contributed by atoms with E-state index >= 15 is 0 Å². The fourth-order valence-corrected chi connectivity index (χ4v) is 3.02. The smallest absolute Gasteiger partial charge is 0.207 e. The third-order valence-corrected chi connectivity index (χ3v) is 4.35. The van der Waals surface area contributed by atoms with Crippen molar-refractivity contribution in [2.24, 2.45) is 5.73 Å². The van der Waals surface area contributed by atoms with Crippen LogP contribution in [0.3, 0.4) is 0 Å². The summed E-state index contributed by atoms with van der Waals surface area (Å²) in [7, 11) is 3.21. The minimum atomic E-state index is -0.0811. The minimum Gasteiger partial charge on any atom is -0.493 e. The van der Waals surface area contributed by atoms with Gasteiger partial charge in [-0.15, -0.1) is 0 Å². The molecule has 0 aromatic heterocycles. The van der Waals surface area contributed by atoms with Crippen LogP contribution in [-0.4, -0.2) is 75.4 Å². The summed E-state index contributed by atoms with van der Waals surface area (Å²) in [6.07, 6.45) is -0.0811. The van der Waals surface area contributed by atoms with E-state index in [-0.39, 0.29) is 12.1 Å². The number of piperazine rings is 1. The monoisotopic (exact) mass is 336 g/mol. The van der Waals surface area contributed by atoms with Gasteiger partial charge in [-0.2, -0.15) is 0 Å². The lowest BCUT2D eigenvalue weighted by Crippen LogP contribution is -2.53. The Morgan fingerprint density at radius 2 is 1.79 bits per heavy atom. The first-order valence-corrected chi connectivity index (χ1v) is 7.98. The highest BCUT2D eigenvalue weighted by atomic mass is 16.6. The standard InChI is InChI=1S/C16H24N4O4/c1-21-12-3-4-13(22-2)15-14(12)23-10-11(24-15)9-19-5-7-20(8-6-19)16(17)18/h3-4,11H,5-10H2,1-2H3,(H3,17,18). The molecule has 1 unspecified atom stereocenters. The zero-order valence-electron chi connectivity index (χ0n) is 14.1. The number of methoxy groups -OCH3 is 2. The van der Waals surface area contributed by atoms with Gasteiger partial charge in [0.1, 0.15) is 12.7 Å². The zero-order valence-corrected chi connectivity index (χ0v) is 14.1. The summed E-state index contributed by atoms with van der Waals surface area (Å²) < 4.78 is 22.7. The maximum absolute atomic E-state index is 7.49. The molecule has 1 aromatic rings. The molecule has 2 heterocycles. The lowest BCUT2D eigenvalue weighted by Gasteiger charge is -2.37. The third-order valence-electron chi connectivity index (χ3n) is 4.35. The SMILES string of the molecule is COc1ccc(OC)c2c1OCC(CN1CCN(C(=N)N)CC1)O2. The molecule has 0 saturated carbocycles. The van der Waals surface area contributed by atoms with Gasteiger partial charge in [0.2, 0.25) is 11.5 Å². The van der Waals surface area contributed by atoms with Crippen molar-refractivity contribution in [3.05, 3.63) is 12.1 Å². The van der Waals surface area contributed by atoms with Crippen LogP contribution in [0.25, 0.3) is 0 Å². The molecular formula is C16H24N4O4. The molecule has 0 aliphatic carbocycles. The summed E-state index contributed by atoms with van der Waals surface area (Å²) in [6.45, 7) is 4.44. The average molecular weight is 336 g/mol. The molecule has 1 fully saturated rings. The van der Waals surface area contributed by atoms with Gasteiger partial charge in [0, 0.05) is 32.7 Å². The summed E-state index contributed by atoms with van der Waals surface area (Å²) in [5.41, 5.74) is 5.53. The van der Waals surface area contributed by atoms with Crippen LogP contribution in [0.2, 0.25) is 0 Å². The van der Waals surface area contributed by atoms with Gasteiger partial charge in [0.05, 0.1) is 14.2 Å². The zero-order chi connectivity index (χ0) is 17.1. The van der Waals surface area contributed by atoms with Gasteiger partial charge < -0.3 is 29.6 Å². The third kappa shape index (κ3) is 3.28. The van der Waals surface area contributed by atoms with Crippen molar-refractivity contribution in [1.82, 2.24) is 9.80 Å². The number of nitrogens with one attached hydrogen (secondary N) is 1. The summed E-state index contributed by atoms with van der Waals surface area (Å²) >= 11 is 0. The normalized spacial score (nSPS) is 20.6. The molecule has 0 radical (unpaired) electrons. The molecule has 0 amide bonds. The van der Waals surface area contributed by atoms with E-state index in [4.69, 9.17) is 30.1 Å². The number of nitrogens with zero attached hydrogens (tertiary/aromatic N) is 2. The predicted molar refractivity (Wildman–Crippen MR) is 89.4 cm³/mol. The van der Waals surface area contributed by atoms with Crippen LogP contribution in [-0.2, 0) is 0 Å². The van der Waals surface area contributed by atoms with Gasteiger partial charge in [-0.1, -0.05) is 0 Å². The Kier molecular flexibility index (Phi) is 4.84. The van der Waals surface area contributed by atoms with Gasteiger partial charge in [0.15, 0.2) is 17.5 Å². The minimum absolute atomic E-state index is 0.0811. The van der Waals surface area contributed by atoms with Crippen LogP contribution in [0, 0.1) is 5.41 Å². The number of hydrogen-bond donors (Lipinski definition) is 2. The van der Waals surface area contributed by atoms with E-state index < -0.39 is 0 Å². The Bertz CT molecular complexity index is 602. The Balaban J connectivity index is 1.64. The van der Waals surface area contributed by atoms with Crippen molar-refractivity contribution < 1.29 is 18.9 Å². The average Bonchev–Trinajstić information content (AvgIpc) is 2.61. The molecule has 24 heavy (non-hydrogen) atoms. The molecule has 8 nitrogen and oxygen atoms in total. The fraction of sp³-hybridized carbons (Fsp3) is 0.562. The molecule has 2 aliphatic heterocycles. The summed E-state index contributed by atoms with van der Waals surface area (Å²) in [4.78, 5) is 4.17. The highest BCUT2D eigenvalue weighted by Gasteiger charge is 2.30. The van der Waals surface area contributed by atoms with Gasteiger partial charge in [0.25, 0.3) is 0 Å². The largest absolute Gasteiger partial charge is 0.493 e. The fourth-order valence-electron chi connectivity index (χ4n) is 3.02. The molecule has 0 bridgehead atoms. The number of rotatable bonds is 4. The van der Waals surface area contributed by atoms with Crippen molar-refractivity contribution in [3.63, 3.8) is 0 Å². The predicted octanol–water partition coefficient (Wildman–Crippen LogP) is 0.355. The van der Waals surface area contributed by atoms with Gasteiger partial charge in [-0.3, -0.25) is 10.3 Å². The Morgan fingerprint density at radius 1 is 1.17 bits per heavy atom. The highest BCUT2D eigenvalue weighted by Crippen LogP contribution is 2.46. The van der Waals surface area contributed by atoms with E-state index in [0.717, 1.165) is 32.7 Å². The molecule has 1 aromatic carbocycles. The van der Waals surface area contributed by atoms with Crippen molar-refractivity contribution in [2.75, 3.05) is 53.6 Å². The van der Waals surface area contributed by atoms with Crippen molar-refractivity contribution >= 4 is 5.96 Å². The van der Waals surface area contributed by atoms with Crippen molar-refractivity contribution in [2.45, 2.75) is 6.10 Å². The summed E-state index contributed by atoms with van der Waals surface area (Å²) in [6, 6.07) is 3.62. The second kappa shape index (κ2) is 7.04. The second-order valence-corrected chi connectivity index (χ2v) is 5.85. The molecule has 0 spiro atoms. The van der Waals surface area contributed by atoms with Crippen LogP contribution in [0.5, 0.6) is 23.0 Å². The molecular weight excluding hydrogens is 312 g/mol. The molecule has 1 saturated heterocycles. The number of benzene rings is 1. The number of fused-ring (bicyclic) bond motifs is 1. The highest BCUT2D eigenvalue weighted by molar-refractivity contribution is 5.74. The van der Waals surface area contributed by atoms with Crippen LogP contribution in [0.15, 0.2) is 12.1 Å². The molecule has 8 heteroatoms. The van der Waals surface area contributed by atoms with E-state index in [9.17, 15) is 0 Å². The first-order chi connectivity index (χ1) is 11.6. The lowest BCUT2D eigenvalue weighted by molar-refractivity contribution is 0.0440. The first-order valence-electron chi connectivity index (χ1n) is 7.98. The number of hydrogen-bond acceptors (Lipinski definition) is 6. The quantitative estimate of drug-likeness (QED) is 0.605. The Labute approximate surface area is 141 Å². The van der Waals surface area contributed by atoms with E-state index in [0.29, 0.717) is 29.6 Å². The van der Waals surface area contributed by atoms with E-state index in [1.807, 2.05) is 17.0 Å². The molecule has 3 N–H and O–H groups in total. The number of ether oxygens (including phenoxy) is 4. The summed E-state index contributed by atoms with van der Waals surface area (Å²) in [5, 5.41) is 7.49. The maximum Gasteiger partial charge on any atom is 0.207 e. The second-order valence-electron chi connectivity index (χ2n) is 5.85. The van der Waals surface area contributed by atoms with Crippen molar-refractivity contribution in [3.8, 4) is 23.0 Å². The van der Waals surface area contributed by atoms with Crippen molar-refractivity contribution in [1.29, 1.82) is 5.41 Å². The molecule has 1 atom stereocenters. The van der Waals surface area contributed by atoms with E-state index in [1.165, 1.54) is 0 Å². The van der Waals surface area contributed by atoms with Crippen LogP contribution in [0.4, 0.5) is 0 Å². The topological polar surface area (TPSA) is 93.3 Å². The Morgan fingerprint density at radius 3 is 2.38 bits per heavy atom. The lowest BCUT2D eigenvalue weighted by atomic mass is 10.2. The van der Waals surface area contributed by atoms with Crippen LogP contribution >= 0.6 is 0 Å². The van der Waals surface area contributed by atoms with E-state index in [1.54, 1.807) is 14.2 Å². The number of nitrogens with two attached hydrogens (primary N) is 1. The number of guanidine groups is 1.